The predicted molar refractivity (Wildman–Crippen MR) is 113 cm³/mol. The van der Waals surface area contributed by atoms with Crippen LogP contribution >= 0.6 is 0 Å². The van der Waals surface area contributed by atoms with Crippen LogP contribution in [0.2, 0.25) is 0 Å². The Balaban J connectivity index is 2.07. The minimum absolute atomic E-state index is 0.118. The summed E-state index contributed by atoms with van der Waals surface area (Å²) in [4.78, 5) is 0.118. The molecule has 1 aromatic heterocycles. The summed E-state index contributed by atoms with van der Waals surface area (Å²) in [6, 6.07) is 11.9. The van der Waals surface area contributed by atoms with Gasteiger partial charge in [0.15, 0.2) is 5.82 Å². The Hall–Kier alpha value is -3.00. The Kier molecular flexibility index (Phi) is 5.32. The first-order chi connectivity index (χ1) is 13.6. The van der Waals surface area contributed by atoms with Gasteiger partial charge in [0.05, 0.1) is 25.3 Å². The van der Waals surface area contributed by atoms with Gasteiger partial charge >= 0.3 is 0 Å². The van der Waals surface area contributed by atoms with Crippen molar-refractivity contribution in [2.24, 2.45) is 0 Å². The van der Waals surface area contributed by atoms with Gasteiger partial charge in [0.25, 0.3) is 10.0 Å². The highest BCUT2D eigenvalue weighted by molar-refractivity contribution is 7.89. The SMILES string of the molecule is COc1ccc(-c2cn(S(=O)(=O)c3ccc(OC)c(C(C)(C)C)c3)nc2N)cc1. The molecule has 0 bridgehead atoms. The lowest BCUT2D eigenvalue weighted by molar-refractivity contribution is 0.397. The van der Waals surface area contributed by atoms with Crippen LogP contribution in [0, 0.1) is 0 Å². The molecule has 0 aliphatic heterocycles. The highest BCUT2D eigenvalue weighted by Gasteiger charge is 2.25. The van der Waals surface area contributed by atoms with E-state index in [1.807, 2.05) is 20.8 Å². The summed E-state index contributed by atoms with van der Waals surface area (Å²) >= 11 is 0. The van der Waals surface area contributed by atoms with Gasteiger partial charge in [-0.05, 0) is 41.3 Å². The number of hydrogen-bond acceptors (Lipinski definition) is 6. The molecule has 0 aliphatic rings. The number of benzene rings is 2. The van der Waals surface area contributed by atoms with E-state index in [2.05, 4.69) is 5.10 Å². The Morgan fingerprint density at radius 2 is 1.66 bits per heavy atom. The molecule has 0 amide bonds. The highest BCUT2D eigenvalue weighted by atomic mass is 32.2. The second-order valence-corrected chi connectivity index (χ2v) is 9.44. The van der Waals surface area contributed by atoms with Gasteiger partial charge in [-0.1, -0.05) is 32.9 Å². The van der Waals surface area contributed by atoms with Crippen LogP contribution in [0.1, 0.15) is 26.3 Å². The quantitative estimate of drug-likeness (QED) is 0.683. The third-order valence-electron chi connectivity index (χ3n) is 4.65. The molecule has 0 unspecified atom stereocenters. The fraction of sp³-hybridized carbons (Fsp3) is 0.286. The molecule has 3 aromatic rings. The van der Waals surface area contributed by atoms with E-state index in [1.165, 1.54) is 12.3 Å². The number of ether oxygens (including phenoxy) is 2. The van der Waals surface area contributed by atoms with Crippen LogP contribution in [0.4, 0.5) is 5.82 Å². The van der Waals surface area contributed by atoms with Crippen LogP contribution in [0.15, 0.2) is 53.6 Å². The topological polar surface area (TPSA) is 96.4 Å². The molecule has 0 saturated heterocycles. The molecular formula is C21H25N3O4S. The minimum atomic E-state index is -3.92. The molecule has 29 heavy (non-hydrogen) atoms. The summed E-state index contributed by atoms with van der Waals surface area (Å²) in [5.41, 5.74) is 7.78. The van der Waals surface area contributed by atoms with Crippen molar-refractivity contribution < 1.29 is 17.9 Å². The van der Waals surface area contributed by atoms with Gasteiger partial charge in [-0.2, -0.15) is 12.5 Å². The molecular weight excluding hydrogens is 390 g/mol. The lowest BCUT2D eigenvalue weighted by Gasteiger charge is -2.22. The first-order valence-corrected chi connectivity index (χ1v) is 10.5. The fourth-order valence-corrected chi connectivity index (χ4v) is 4.19. The normalized spacial score (nSPS) is 12.0. The first kappa shape index (κ1) is 20.7. The van der Waals surface area contributed by atoms with E-state index in [1.54, 1.807) is 50.6 Å². The van der Waals surface area contributed by atoms with Crippen LogP contribution in [0.5, 0.6) is 11.5 Å². The maximum absolute atomic E-state index is 13.2. The summed E-state index contributed by atoms with van der Waals surface area (Å²) in [6.07, 6.45) is 1.42. The second-order valence-electron chi connectivity index (χ2n) is 7.65. The zero-order valence-electron chi connectivity index (χ0n) is 17.1. The number of anilines is 1. The van der Waals surface area contributed by atoms with Crippen molar-refractivity contribution >= 4 is 15.8 Å². The standard InChI is InChI=1S/C21H25N3O4S/c1-21(2,3)18-12-16(10-11-19(18)28-5)29(25,26)24-13-17(20(22)23-24)14-6-8-15(27-4)9-7-14/h6-13H,1-5H3,(H2,22,23). The van der Waals surface area contributed by atoms with Crippen molar-refractivity contribution in [1.82, 2.24) is 9.19 Å². The van der Waals surface area contributed by atoms with Crippen LogP contribution in [-0.2, 0) is 15.4 Å². The predicted octanol–water partition coefficient (Wildman–Crippen LogP) is 3.68. The molecule has 2 N–H and O–H groups in total. The molecule has 8 heteroatoms. The largest absolute Gasteiger partial charge is 0.497 e. The average Bonchev–Trinajstić information content (AvgIpc) is 3.09. The van der Waals surface area contributed by atoms with Crippen molar-refractivity contribution in [3.05, 3.63) is 54.2 Å². The molecule has 154 valence electrons. The van der Waals surface area contributed by atoms with E-state index >= 15 is 0 Å². The molecule has 1 heterocycles. The van der Waals surface area contributed by atoms with Gasteiger partial charge in [-0.15, -0.1) is 5.10 Å². The Bertz CT molecular complexity index is 1130. The van der Waals surface area contributed by atoms with Crippen LogP contribution in [0.3, 0.4) is 0 Å². The lowest BCUT2D eigenvalue weighted by atomic mass is 9.86. The summed E-state index contributed by atoms with van der Waals surface area (Å²) < 4.78 is 37.9. The molecule has 2 aromatic carbocycles. The fourth-order valence-electron chi connectivity index (χ4n) is 3.02. The van der Waals surface area contributed by atoms with E-state index in [0.717, 1.165) is 15.2 Å². The van der Waals surface area contributed by atoms with Gasteiger partial charge in [-0.3, -0.25) is 0 Å². The number of hydrogen-bond donors (Lipinski definition) is 1. The third-order valence-corrected chi connectivity index (χ3v) is 6.18. The first-order valence-electron chi connectivity index (χ1n) is 9.01. The van der Waals surface area contributed by atoms with Crippen LogP contribution in [-0.4, -0.2) is 31.8 Å². The van der Waals surface area contributed by atoms with Gasteiger partial charge in [0, 0.05) is 11.1 Å². The number of rotatable bonds is 5. The summed E-state index contributed by atoms with van der Waals surface area (Å²) in [5.74, 6) is 1.46. The van der Waals surface area contributed by atoms with E-state index in [-0.39, 0.29) is 16.1 Å². The molecule has 0 spiro atoms. The number of nitrogens with two attached hydrogens (primary N) is 1. The van der Waals surface area contributed by atoms with Gasteiger partial charge in [-0.25, -0.2) is 0 Å². The van der Waals surface area contributed by atoms with Crippen molar-refractivity contribution in [3.8, 4) is 22.6 Å². The lowest BCUT2D eigenvalue weighted by Crippen LogP contribution is -2.17. The Morgan fingerprint density at radius 3 is 2.21 bits per heavy atom. The highest BCUT2D eigenvalue weighted by Crippen LogP contribution is 2.34. The molecule has 0 fully saturated rings. The van der Waals surface area contributed by atoms with E-state index in [9.17, 15) is 8.42 Å². The number of nitrogens with zero attached hydrogens (tertiary/aromatic N) is 2. The van der Waals surface area contributed by atoms with Crippen molar-refractivity contribution in [2.75, 3.05) is 20.0 Å². The summed E-state index contributed by atoms with van der Waals surface area (Å²) in [6.45, 7) is 5.98. The second kappa shape index (κ2) is 7.44. The monoisotopic (exact) mass is 415 g/mol. The van der Waals surface area contributed by atoms with Crippen molar-refractivity contribution in [1.29, 1.82) is 0 Å². The molecule has 0 aliphatic carbocycles. The van der Waals surface area contributed by atoms with Gasteiger partial charge < -0.3 is 15.2 Å². The summed E-state index contributed by atoms with van der Waals surface area (Å²) in [7, 11) is -0.782. The number of nitrogen functional groups attached to an aromatic ring is 1. The number of methoxy groups -OCH3 is 2. The van der Waals surface area contributed by atoms with Crippen LogP contribution in [0.25, 0.3) is 11.1 Å². The maximum atomic E-state index is 13.2. The Morgan fingerprint density at radius 1 is 1.00 bits per heavy atom. The van der Waals surface area contributed by atoms with Gasteiger partial charge in [0.2, 0.25) is 0 Å². The minimum Gasteiger partial charge on any atom is -0.497 e. The zero-order valence-corrected chi connectivity index (χ0v) is 17.9. The molecule has 0 radical (unpaired) electrons. The van der Waals surface area contributed by atoms with E-state index in [0.29, 0.717) is 17.1 Å². The molecule has 7 nitrogen and oxygen atoms in total. The maximum Gasteiger partial charge on any atom is 0.283 e. The van der Waals surface area contributed by atoms with Crippen molar-refractivity contribution in [3.63, 3.8) is 0 Å². The van der Waals surface area contributed by atoms with Gasteiger partial charge in [0.1, 0.15) is 11.5 Å². The van der Waals surface area contributed by atoms with E-state index < -0.39 is 10.0 Å². The van der Waals surface area contributed by atoms with Crippen molar-refractivity contribution in [2.45, 2.75) is 31.1 Å². The molecule has 0 saturated carbocycles. The van der Waals surface area contributed by atoms with Crippen LogP contribution < -0.4 is 15.2 Å². The Labute approximate surface area is 171 Å². The molecule has 0 atom stereocenters. The number of aromatic nitrogens is 2. The summed E-state index contributed by atoms with van der Waals surface area (Å²) in [5, 5.41) is 4.06. The average molecular weight is 416 g/mol. The molecule has 3 rings (SSSR count). The third kappa shape index (κ3) is 3.93. The van der Waals surface area contributed by atoms with E-state index in [4.69, 9.17) is 15.2 Å². The zero-order chi connectivity index (χ0) is 21.4. The smallest absolute Gasteiger partial charge is 0.283 e.